The second kappa shape index (κ2) is 12.9. The van der Waals surface area contributed by atoms with E-state index < -0.39 is 36.4 Å². The van der Waals surface area contributed by atoms with E-state index in [4.69, 9.17) is 9.47 Å². The van der Waals surface area contributed by atoms with Crippen molar-refractivity contribution in [2.45, 2.75) is 63.5 Å². The molecule has 1 unspecified atom stereocenters. The van der Waals surface area contributed by atoms with E-state index in [0.29, 0.717) is 44.6 Å². The Kier molecular flexibility index (Phi) is 10.1. The van der Waals surface area contributed by atoms with Gasteiger partial charge in [0.05, 0.1) is 30.8 Å². The van der Waals surface area contributed by atoms with Crippen molar-refractivity contribution in [3.8, 4) is 6.07 Å². The smallest absolute Gasteiger partial charge is 0.447 e. The predicted octanol–water partition coefficient (Wildman–Crippen LogP) is 1.50. The predicted molar refractivity (Wildman–Crippen MR) is 138 cm³/mol. The molecule has 2 aliphatic heterocycles. The Labute approximate surface area is 223 Å². The third-order valence-electron chi connectivity index (χ3n) is 7.59. The van der Waals surface area contributed by atoms with Crippen LogP contribution in [0.1, 0.15) is 45.6 Å². The van der Waals surface area contributed by atoms with Crippen molar-refractivity contribution in [1.29, 1.82) is 5.26 Å². The summed E-state index contributed by atoms with van der Waals surface area (Å²) in [7, 11) is -1.86. The third-order valence-corrected chi connectivity index (χ3v) is 7.59. The minimum atomic E-state index is -1.86. The van der Waals surface area contributed by atoms with E-state index in [-0.39, 0.29) is 24.5 Å². The van der Waals surface area contributed by atoms with Gasteiger partial charge in [0.2, 0.25) is 5.91 Å². The molecule has 0 bridgehead atoms. The summed E-state index contributed by atoms with van der Waals surface area (Å²) in [5.74, 6) is -2.62. The Bertz CT molecular complexity index is 998. The maximum absolute atomic E-state index is 13.5. The number of nitriles is 1. The molecule has 3 N–H and O–H groups in total. The fourth-order valence-corrected chi connectivity index (χ4v) is 5.24. The molecule has 2 saturated heterocycles. The maximum atomic E-state index is 13.5. The zero-order valence-corrected chi connectivity index (χ0v) is 22.4. The lowest BCUT2D eigenvalue weighted by atomic mass is 9.76. The van der Waals surface area contributed by atoms with Crippen LogP contribution < -0.4 is 5.32 Å². The molecule has 12 heteroatoms. The molecular weight excluding hydrogens is 494 g/mol. The van der Waals surface area contributed by atoms with E-state index in [0.717, 1.165) is 13.1 Å². The summed E-state index contributed by atoms with van der Waals surface area (Å²) in [6, 6.07) is 7.67. The summed E-state index contributed by atoms with van der Waals surface area (Å²) in [6.07, 6.45) is 0.864. The summed E-state index contributed by atoms with van der Waals surface area (Å²) in [5.41, 5.74) is -0.555. The molecule has 1 aromatic rings. The van der Waals surface area contributed by atoms with Crippen LogP contribution in [0.3, 0.4) is 0 Å². The van der Waals surface area contributed by atoms with E-state index >= 15 is 0 Å². The van der Waals surface area contributed by atoms with Gasteiger partial charge in [-0.05, 0) is 64.2 Å². The average Bonchev–Trinajstić information content (AvgIpc) is 3.28. The molecule has 3 rings (SSSR count). The van der Waals surface area contributed by atoms with Gasteiger partial charge in [0.15, 0.2) is 0 Å². The van der Waals surface area contributed by atoms with Crippen LogP contribution in [0.25, 0.3) is 0 Å². The average molecular weight is 532 g/mol. The number of ether oxygens (including phenoxy) is 2. The summed E-state index contributed by atoms with van der Waals surface area (Å²) >= 11 is 0. The fraction of sp³-hybridized carbons (Fsp3) is 0.654. The maximum Gasteiger partial charge on any atom is 0.475 e. The van der Waals surface area contributed by atoms with Crippen LogP contribution in [0.15, 0.2) is 24.3 Å². The second-order valence-corrected chi connectivity index (χ2v) is 11.0. The Hall–Kier alpha value is -2.72. The monoisotopic (exact) mass is 532 g/mol. The van der Waals surface area contributed by atoms with Gasteiger partial charge in [-0.1, -0.05) is 12.1 Å². The summed E-state index contributed by atoms with van der Waals surface area (Å²) < 4.78 is 24.0. The molecule has 1 aromatic carbocycles. The number of benzene rings is 1. The van der Waals surface area contributed by atoms with Crippen LogP contribution in [0.2, 0.25) is 0 Å². The first-order valence-electron chi connectivity index (χ1n) is 13.0. The van der Waals surface area contributed by atoms with Crippen LogP contribution in [-0.4, -0.2) is 95.4 Å². The van der Waals surface area contributed by atoms with Crippen molar-refractivity contribution in [1.82, 2.24) is 15.1 Å². The quantitative estimate of drug-likeness (QED) is 0.386. The first-order valence-corrected chi connectivity index (χ1v) is 13.0. The van der Waals surface area contributed by atoms with E-state index in [9.17, 15) is 29.3 Å². The number of morpholine rings is 1. The molecule has 0 spiro atoms. The zero-order valence-electron chi connectivity index (χ0n) is 22.4. The molecule has 3 atom stereocenters. The molecule has 0 aromatic heterocycles. The van der Waals surface area contributed by atoms with E-state index in [1.165, 1.54) is 24.3 Å². The van der Waals surface area contributed by atoms with Crippen molar-refractivity contribution in [2.75, 3.05) is 39.5 Å². The molecule has 2 heterocycles. The number of nitrogens with zero attached hydrogens (tertiary/aromatic N) is 3. The Balaban J connectivity index is 1.59. The van der Waals surface area contributed by atoms with Crippen molar-refractivity contribution < 1.29 is 33.5 Å². The third kappa shape index (κ3) is 7.66. The normalized spacial score (nSPS) is 21.9. The highest BCUT2D eigenvalue weighted by Gasteiger charge is 2.44. The van der Waals surface area contributed by atoms with Gasteiger partial charge < -0.3 is 29.7 Å². The lowest BCUT2D eigenvalue weighted by Crippen LogP contribution is -2.54. The highest BCUT2D eigenvalue weighted by molar-refractivity contribution is 6.43. The van der Waals surface area contributed by atoms with Crippen molar-refractivity contribution in [3.63, 3.8) is 0 Å². The highest BCUT2D eigenvalue weighted by Crippen LogP contribution is 2.33. The Morgan fingerprint density at radius 2 is 1.92 bits per heavy atom. The van der Waals surface area contributed by atoms with Crippen molar-refractivity contribution in [2.24, 2.45) is 5.92 Å². The van der Waals surface area contributed by atoms with Crippen LogP contribution in [0.4, 0.5) is 9.18 Å². The van der Waals surface area contributed by atoms with Crippen LogP contribution in [0.5, 0.6) is 0 Å². The minimum Gasteiger partial charge on any atom is -0.447 e. The number of amides is 2. The van der Waals surface area contributed by atoms with Gasteiger partial charge in [-0.15, -0.1) is 0 Å². The minimum absolute atomic E-state index is 0.0533. The first kappa shape index (κ1) is 29.8. The van der Waals surface area contributed by atoms with Crippen LogP contribution >= 0.6 is 0 Å². The van der Waals surface area contributed by atoms with E-state index in [2.05, 4.69) is 16.3 Å². The number of hydrogen-bond donors (Lipinski definition) is 3. The topological polar surface area (TPSA) is 135 Å². The molecule has 0 aliphatic carbocycles. The number of carbonyl (C=O) groups excluding carboxylic acids is 2. The van der Waals surface area contributed by atoms with Gasteiger partial charge in [-0.2, -0.15) is 5.26 Å². The van der Waals surface area contributed by atoms with Crippen molar-refractivity contribution >= 4 is 19.1 Å². The highest BCUT2D eigenvalue weighted by atomic mass is 19.1. The SMILES string of the molecule is CC(C)(CC(C#N)C(=O)N1CCC[C@]1(C)COC(=O)N[C@@H](Cc1ccc(F)cc1)B(O)O)N1CCOCC1. The number of hydrogen-bond acceptors (Lipinski definition) is 8. The molecule has 10 nitrogen and oxygen atoms in total. The molecule has 2 aliphatic rings. The van der Waals surface area contributed by atoms with Crippen LogP contribution in [-0.2, 0) is 20.7 Å². The Morgan fingerprint density at radius 1 is 1.26 bits per heavy atom. The number of halogens is 1. The molecule has 38 heavy (non-hydrogen) atoms. The van der Waals surface area contributed by atoms with E-state index in [1.807, 2.05) is 20.8 Å². The van der Waals surface area contributed by atoms with Gasteiger partial charge in [0, 0.05) is 25.2 Å². The van der Waals surface area contributed by atoms with Gasteiger partial charge in [0.1, 0.15) is 18.3 Å². The molecule has 0 saturated carbocycles. The molecular formula is C26H38BFN4O6. The lowest BCUT2D eigenvalue weighted by molar-refractivity contribution is -0.140. The zero-order chi connectivity index (χ0) is 27.9. The second-order valence-electron chi connectivity index (χ2n) is 11.0. The first-order chi connectivity index (χ1) is 17.9. The number of carbonyl (C=O) groups is 2. The largest absolute Gasteiger partial charge is 0.475 e. The number of likely N-dealkylation sites (tertiary alicyclic amines) is 1. The van der Waals surface area contributed by atoms with Gasteiger partial charge in [-0.3, -0.25) is 9.69 Å². The van der Waals surface area contributed by atoms with Gasteiger partial charge in [0.25, 0.3) is 0 Å². The standard InChI is InChI=1S/C26H38BFN4O6/c1-25(2,31-11-13-37-14-12-31)16-20(17-29)23(33)32-10-4-9-26(32,3)18-38-24(34)30-22(27(35)36)15-19-5-7-21(28)8-6-19/h5-8,20,22,35-36H,4,9-16,18H2,1-3H3,(H,30,34)/t20?,22-,26+/m0/s1. The summed E-state index contributed by atoms with van der Waals surface area (Å²) in [6.45, 7) is 8.97. The lowest BCUT2D eigenvalue weighted by Gasteiger charge is -2.42. The van der Waals surface area contributed by atoms with Crippen molar-refractivity contribution in [3.05, 3.63) is 35.6 Å². The number of alkyl carbamates (subject to hydrolysis) is 1. The molecule has 2 amide bonds. The number of rotatable bonds is 10. The Morgan fingerprint density at radius 3 is 2.53 bits per heavy atom. The van der Waals surface area contributed by atoms with Gasteiger partial charge >= 0.3 is 13.2 Å². The fourth-order valence-electron chi connectivity index (χ4n) is 5.24. The molecule has 2 fully saturated rings. The molecule has 0 radical (unpaired) electrons. The molecule has 208 valence electrons. The van der Waals surface area contributed by atoms with Crippen LogP contribution in [0, 0.1) is 23.1 Å². The summed E-state index contributed by atoms with van der Waals surface area (Å²) in [4.78, 5) is 29.9. The van der Waals surface area contributed by atoms with E-state index in [1.54, 1.807) is 4.90 Å². The number of nitrogens with one attached hydrogen (secondary N) is 1. The summed E-state index contributed by atoms with van der Waals surface area (Å²) in [5, 5.41) is 31.8. The van der Waals surface area contributed by atoms with Gasteiger partial charge in [-0.25, -0.2) is 9.18 Å².